The normalized spacial score (nSPS) is 12.3. The average Bonchev–Trinajstić information content (AvgIpc) is 2.87. The molecule has 0 aliphatic carbocycles. The van der Waals surface area contributed by atoms with Crippen LogP contribution in [0.5, 0.6) is 11.5 Å². The Hall–Kier alpha value is -2.97. The van der Waals surface area contributed by atoms with E-state index in [4.69, 9.17) is 14.5 Å². The van der Waals surface area contributed by atoms with E-state index in [9.17, 15) is 4.79 Å². The monoisotopic (exact) mass is 597 g/mol. The number of ether oxygens (including phenoxy) is 2. The molecule has 0 fully saturated rings. The lowest BCUT2D eigenvalue weighted by molar-refractivity contribution is 0.282. The lowest BCUT2D eigenvalue weighted by atomic mass is 10.1. The van der Waals surface area contributed by atoms with Crippen LogP contribution in [0.25, 0.3) is 10.9 Å². The molecule has 35 heavy (non-hydrogen) atoms. The van der Waals surface area contributed by atoms with Gasteiger partial charge >= 0.3 is 0 Å². The molecule has 8 heteroatoms. The van der Waals surface area contributed by atoms with Crippen molar-refractivity contribution in [2.24, 2.45) is 5.10 Å². The minimum atomic E-state index is -0.211. The van der Waals surface area contributed by atoms with Crippen molar-refractivity contribution in [2.45, 2.75) is 32.8 Å². The summed E-state index contributed by atoms with van der Waals surface area (Å²) >= 11 is 7.03. The summed E-state index contributed by atoms with van der Waals surface area (Å²) in [6.45, 7) is 4.51. The zero-order valence-corrected chi connectivity index (χ0v) is 22.8. The van der Waals surface area contributed by atoms with Crippen molar-refractivity contribution in [3.63, 3.8) is 0 Å². The van der Waals surface area contributed by atoms with Gasteiger partial charge in [-0.1, -0.05) is 60.1 Å². The summed E-state index contributed by atoms with van der Waals surface area (Å²) in [6.07, 6.45) is 2.46. The predicted molar refractivity (Wildman–Crippen MR) is 147 cm³/mol. The first-order valence-electron chi connectivity index (χ1n) is 11.2. The highest BCUT2D eigenvalue weighted by molar-refractivity contribution is 9.10. The van der Waals surface area contributed by atoms with Crippen LogP contribution in [0.2, 0.25) is 0 Å². The summed E-state index contributed by atoms with van der Waals surface area (Å²) in [4.78, 5) is 18.1. The fraction of sp³-hybridized carbons (Fsp3) is 0.222. The van der Waals surface area contributed by atoms with Gasteiger partial charge in [-0.15, -0.1) is 0 Å². The van der Waals surface area contributed by atoms with Gasteiger partial charge in [0.1, 0.15) is 12.4 Å². The van der Waals surface area contributed by atoms with Crippen LogP contribution in [0.4, 0.5) is 0 Å². The first kappa shape index (κ1) is 25.1. The average molecular weight is 599 g/mol. The number of rotatable bonds is 8. The Morgan fingerprint density at radius 1 is 1.11 bits per heavy atom. The van der Waals surface area contributed by atoms with Gasteiger partial charge in [-0.25, -0.2) is 4.98 Å². The lowest BCUT2D eigenvalue weighted by Gasteiger charge is -2.15. The van der Waals surface area contributed by atoms with Gasteiger partial charge in [-0.3, -0.25) is 4.79 Å². The molecule has 0 aliphatic rings. The molecule has 4 aromatic rings. The predicted octanol–water partition coefficient (Wildman–Crippen LogP) is 6.90. The van der Waals surface area contributed by atoms with Gasteiger partial charge in [0.15, 0.2) is 11.5 Å². The Morgan fingerprint density at radius 2 is 1.89 bits per heavy atom. The van der Waals surface area contributed by atoms with E-state index >= 15 is 0 Å². The summed E-state index contributed by atoms with van der Waals surface area (Å²) in [7, 11) is 1.59. The first-order chi connectivity index (χ1) is 16.9. The van der Waals surface area contributed by atoms with E-state index in [0.717, 1.165) is 26.5 Å². The second kappa shape index (κ2) is 11.2. The Balaban J connectivity index is 1.71. The van der Waals surface area contributed by atoms with Gasteiger partial charge < -0.3 is 9.47 Å². The number of hydrogen-bond donors (Lipinski definition) is 0. The fourth-order valence-electron chi connectivity index (χ4n) is 3.59. The third-order valence-corrected chi connectivity index (χ3v) is 6.77. The van der Waals surface area contributed by atoms with Crippen LogP contribution < -0.4 is 15.0 Å². The zero-order chi connectivity index (χ0) is 24.9. The maximum absolute atomic E-state index is 13.3. The number of hydrogen-bond acceptors (Lipinski definition) is 5. The summed E-state index contributed by atoms with van der Waals surface area (Å²) in [6, 6.07) is 19.1. The van der Waals surface area contributed by atoms with E-state index in [1.807, 2.05) is 61.5 Å². The Kier molecular flexibility index (Phi) is 8.03. The summed E-state index contributed by atoms with van der Waals surface area (Å²) in [5.74, 6) is 1.84. The van der Waals surface area contributed by atoms with Gasteiger partial charge in [0.2, 0.25) is 0 Å². The molecule has 0 bridgehead atoms. The second-order valence-electron chi connectivity index (χ2n) is 8.11. The molecule has 0 radical (unpaired) electrons. The maximum atomic E-state index is 13.3. The van der Waals surface area contributed by atoms with E-state index in [-0.39, 0.29) is 11.5 Å². The van der Waals surface area contributed by atoms with Gasteiger partial charge in [0.05, 0.1) is 28.7 Å². The van der Waals surface area contributed by atoms with Gasteiger partial charge in [0, 0.05) is 10.4 Å². The minimum Gasteiger partial charge on any atom is -0.493 e. The second-order valence-corrected chi connectivity index (χ2v) is 9.88. The molecular weight excluding hydrogens is 574 g/mol. The number of nitrogens with zero attached hydrogens (tertiary/aromatic N) is 3. The van der Waals surface area contributed by atoms with Crippen molar-refractivity contribution in [1.29, 1.82) is 0 Å². The molecule has 0 spiro atoms. The van der Waals surface area contributed by atoms with Crippen molar-refractivity contribution < 1.29 is 9.47 Å². The number of aromatic nitrogens is 2. The van der Waals surface area contributed by atoms with Crippen molar-refractivity contribution in [1.82, 2.24) is 9.66 Å². The van der Waals surface area contributed by atoms with Crippen molar-refractivity contribution in [2.75, 3.05) is 7.11 Å². The largest absolute Gasteiger partial charge is 0.493 e. The highest BCUT2D eigenvalue weighted by atomic mass is 79.9. The van der Waals surface area contributed by atoms with Crippen LogP contribution in [-0.2, 0) is 6.61 Å². The Morgan fingerprint density at radius 3 is 2.60 bits per heavy atom. The molecule has 180 valence electrons. The summed E-state index contributed by atoms with van der Waals surface area (Å²) < 4.78 is 14.5. The van der Waals surface area contributed by atoms with Crippen LogP contribution in [0.15, 0.2) is 79.5 Å². The summed E-state index contributed by atoms with van der Waals surface area (Å²) in [5, 5.41) is 5.06. The topological polar surface area (TPSA) is 65.7 Å². The van der Waals surface area contributed by atoms with Crippen molar-refractivity contribution in [3.8, 4) is 11.5 Å². The molecule has 0 amide bonds. The maximum Gasteiger partial charge on any atom is 0.282 e. The summed E-state index contributed by atoms with van der Waals surface area (Å²) in [5.41, 5.74) is 2.25. The van der Waals surface area contributed by atoms with Crippen molar-refractivity contribution in [3.05, 3.63) is 96.9 Å². The third-order valence-electron chi connectivity index (χ3n) is 5.69. The van der Waals surface area contributed by atoms with Gasteiger partial charge in [-0.2, -0.15) is 9.78 Å². The molecule has 0 saturated heterocycles. The molecular formula is C27H25Br2N3O3. The standard InChI is InChI=1S/C27H25Br2N3O3/c1-4-17(2)26-31-23-11-10-20(28)14-21(23)27(33)32(26)30-15-19-12-22(29)25(24(13-19)34-3)35-16-18-8-6-5-7-9-18/h5-15,17H,4,16H2,1-3H3/t17-/m0/s1. The van der Waals surface area contributed by atoms with Gasteiger partial charge in [-0.05, 0) is 63.8 Å². The molecule has 0 saturated carbocycles. The molecule has 1 aromatic heterocycles. The molecule has 0 unspecified atom stereocenters. The molecule has 6 nitrogen and oxygen atoms in total. The molecule has 3 aromatic carbocycles. The number of methoxy groups -OCH3 is 1. The Labute approximate surface area is 220 Å². The van der Waals surface area contributed by atoms with Crippen LogP contribution in [0.1, 0.15) is 43.1 Å². The van der Waals surface area contributed by atoms with E-state index < -0.39 is 0 Å². The number of fused-ring (bicyclic) bond motifs is 1. The molecule has 1 atom stereocenters. The molecule has 0 aliphatic heterocycles. The fourth-order valence-corrected chi connectivity index (χ4v) is 4.52. The van der Waals surface area contributed by atoms with E-state index in [2.05, 4.69) is 43.9 Å². The van der Waals surface area contributed by atoms with Crippen LogP contribution >= 0.6 is 31.9 Å². The van der Waals surface area contributed by atoms with Gasteiger partial charge in [0.25, 0.3) is 5.56 Å². The molecule has 4 rings (SSSR count). The molecule has 1 heterocycles. The first-order valence-corrected chi connectivity index (χ1v) is 12.8. The number of benzene rings is 3. The lowest BCUT2D eigenvalue weighted by Crippen LogP contribution is -2.23. The smallest absolute Gasteiger partial charge is 0.282 e. The van der Waals surface area contributed by atoms with Crippen molar-refractivity contribution >= 4 is 49.0 Å². The molecule has 0 N–H and O–H groups in total. The van der Waals surface area contributed by atoms with E-state index in [1.165, 1.54) is 4.68 Å². The highest BCUT2D eigenvalue weighted by Crippen LogP contribution is 2.37. The third kappa shape index (κ3) is 5.65. The minimum absolute atomic E-state index is 0.0583. The van der Waals surface area contributed by atoms with Crippen LogP contribution in [-0.4, -0.2) is 23.0 Å². The quantitative estimate of drug-likeness (QED) is 0.207. The zero-order valence-electron chi connectivity index (χ0n) is 19.7. The van der Waals surface area contributed by atoms with E-state index in [1.54, 1.807) is 19.4 Å². The van der Waals surface area contributed by atoms with Crippen LogP contribution in [0, 0.1) is 0 Å². The highest BCUT2D eigenvalue weighted by Gasteiger charge is 2.16. The number of halogens is 2. The SMILES string of the molecule is CC[C@H](C)c1nc2ccc(Br)cc2c(=O)n1N=Cc1cc(Br)c(OCc2ccccc2)c(OC)c1. The Bertz CT molecular complexity index is 1440. The van der Waals surface area contributed by atoms with Crippen LogP contribution in [0.3, 0.4) is 0 Å². The van der Waals surface area contributed by atoms with E-state index in [0.29, 0.717) is 34.8 Å².